The van der Waals surface area contributed by atoms with Gasteiger partial charge in [-0.15, -0.1) is 11.3 Å². The summed E-state index contributed by atoms with van der Waals surface area (Å²) in [6, 6.07) is 7.41. The molecule has 1 aromatic carbocycles. The number of aromatic nitrogens is 1. The van der Waals surface area contributed by atoms with E-state index in [1.165, 1.54) is 4.90 Å². The number of nitrogens with zero attached hydrogens (tertiary/aromatic N) is 2. The van der Waals surface area contributed by atoms with Gasteiger partial charge in [0.05, 0.1) is 17.3 Å². The van der Waals surface area contributed by atoms with Gasteiger partial charge in [-0.3, -0.25) is 4.79 Å². The first-order valence-electron chi connectivity index (χ1n) is 6.00. The molecule has 0 saturated heterocycles. The molecule has 0 unspecified atom stereocenters. The van der Waals surface area contributed by atoms with Gasteiger partial charge in [0.2, 0.25) is 0 Å². The number of carbonyl (C=O) groups excluding carboxylic acids is 1. The Morgan fingerprint density at radius 2 is 2.26 bits per heavy atom. The summed E-state index contributed by atoms with van der Waals surface area (Å²) in [6.07, 6.45) is 0. The van der Waals surface area contributed by atoms with Crippen LogP contribution >= 0.6 is 11.3 Å². The molecule has 0 spiro atoms. The second-order valence-corrected chi connectivity index (χ2v) is 5.35. The molecule has 100 valence electrons. The van der Waals surface area contributed by atoms with Gasteiger partial charge in [-0.1, -0.05) is 12.1 Å². The number of benzene rings is 1. The summed E-state index contributed by atoms with van der Waals surface area (Å²) in [6.45, 7) is 2.25. The molecule has 0 atom stereocenters. The molecule has 2 rings (SSSR count). The van der Waals surface area contributed by atoms with Crippen LogP contribution in [0.2, 0.25) is 0 Å². The van der Waals surface area contributed by atoms with Crippen LogP contribution in [0.5, 0.6) is 0 Å². The topological polar surface area (TPSA) is 53.4 Å². The van der Waals surface area contributed by atoms with Crippen molar-refractivity contribution in [3.05, 3.63) is 40.2 Å². The maximum Gasteiger partial charge on any atom is 0.253 e. The van der Waals surface area contributed by atoms with Gasteiger partial charge >= 0.3 is 0 Å². The first-order valence-corrected chi connectivity index (χ1v) is 6.88. The Morgan fingerprint density at radius 3 is 2.89 bits per heavy atom. The van der Waals surface area contributed by atoms with Crippen LogP contribution in [0.1, 0.15) is 15.4 Å². The molecule has 1 amide bonds. The summed E-state index contributed by atoms with van der Waals surface area (Å²) in [4.78, 5) is 18.0. The van der Waals surface area contributed by atoms with Gasteiger partial charge < -0.3 is 10.0 Å². The number of aryl methyl sites for hydroxylation is 1. The molecule has 0 aliphatic heterocycles. The fourth-order valence-electron chi connectivity index (χ4n) is 1.78. The van der Waals surface area contributed by atoms with Gasteiger partial charge in [-0.05, 0) is 19.1 Å². The predicted molar refractivity (Wildman–Crippen MR) is 76.3 cm³/mol. The van der Waals surface area contributed by atoms with E-state index < -0.39 is 0 Å². The largest absolute Gasteiger partial charge is 0.395 e. The fourth-order valence-corrected chi connectivity index (χ4v) is 2.40. The third-order valence-electron chi connectivity index (χ3n) is 2.81. The third-order valence-corrected chi connectivity index (χ3v) is 3.58. The number of amides is 1. The molecule has 0 fully saturated rings. The fraction of sp³-hybridized carbons (Fsp3) is 0.286. The minimum atomic E-state index is -0.0946. The van der Waals surface area contributed by atoms with Gasteiger partial charge in [0.15, 0.2) is 0 Å². The van der Waals surface area contributed by atoms with E-state index >= 15 is 0 Å². The zero-order valence-electron chi connectivity index (χ0n) is 11.0. The van der Waals surface area contributed by atoms with Crippen LogP contribution in [0.4, 0.5) is 0 Å². The molecule has 1 aromatic heterocycles. The monoisotopic (exact) mass is 276 g/mol. The molecule has 0 bridgehead atoms. The van der Waals surface area contributed by atoms with Crippen molar-refractivity contribution in [1.29, 1.82) is 0 Å². The zero-order chi connectivity index (χ0) is 13.8. The quantitative estimate of drug-likeness (QED) is 0.931. The summed E-state index contributed by atoms with van der Waals surface area (Å²) >= 11 is 1.59. The lowest BCUT2D eigenvalue weighted by atomic mass is 10.1. The average Bonchev–Trinajstić information content (AvgIpc) is 2.85. The van der Waals surface area contributed by atoms with Crippen molar-refractivity contribution < 1.29 is 9.90 Å². The summed E-state index contributed by atoms with van der Waals surface area (Å²) in [5.41, 5.74) is 2.44. The van der Waals surface area contributed by atoms with E-state index in [0.717, 1.165) is 16.3 Å². The SMILES string of the molecule is Cc1nc(-c2cccc(C(=O)N(C)CCO)c2)cs1. The Bertz CT molecular complexity index is 580. The van der Waals surface area contributed by atoms with Crippen molar-refractivity contribution in [3.8, 4) is 11.3 Å². The molecular weight excluding hydrogens is 260 g/mol. The molecule has 4 nitrogen and oxygen atoms in total. The van der Waals surface area contributed by atoms with E-state index in [-0.39, 0.29) is 12.5 Å². The Morgan fingerprint density at radius 1 is 1.47 bits per heavy atom. The Kier molecular flexibility index (Phi) is 4.29. The molecule has 0 radical (unpaired) electrons. The number of rotatable bonds is 4. The zero-order valence-corrected chi connectivity index (χ0v) is 11.8. The third kappa shape index (κ3) is 3.19. The summed E-state index contributed by atoms with van der Waals surface area (Å²) in [5, 5.41) is 11.9. The minimum absolute atomic E-state index is 0.0345. The first kappa shape index (κ1) is 13.7. The van der Waals surface area contributed by atoms with Crippen LogP contribution in [0.15, 0.2) is 29.6 Å². The highest BCUT2D eigenvalue weighted by Gasteiger charge is 2.12. The van der Waals surface area contributed by atoms with E-state index in [2.05, 4.69) is 4.98 Å². The van der Waals surface area contributed by atoms with Gasteiger partial charge in [-0.2, -0.15) is 0 Å². The predicted octanol–water partition coefficient (Wildman–Crippen LogP) is 2.18. The smallest absolute Gasteiger partial charge is 0.253 e. The molecule has 0 aliphatic carbocycles. The lowest BCUT2D eigenvalue weighted by Gasteiger charge is -2.15. The molecule has 2 aromatic rings. The summed E-state index contributed by atoms with van der Waals surface area (Å²) in [5.74, 6) is -0.0946. The molecule has 1 N–H and O–H groups in total. The molecule has 5 heteroatoms. The van der Waals surface area contributed by atoms with Crippen molar-refractivity contribution in [2.24, 2.45) is 0 Å². The number of carbonyl (C=O) groups is 1. The van der Waals surface area contributed by atoms with Crippen molar-refractivity contribution >= 4 is 17.2 Å². The summed E-state index contributed by atoms with van der Waals surface area (Å²) in [7, 11) is 1.68. The first-order chi connectivity index (χ1) is 9.11. The number of likely N-dealkylation sites (N-methyl/N-ethyl adjacent to an activating group) is 1. The highest BCUT2D eigenvalue weighted by molar-refractivity contribution is 7.09. The molecular formula is C14H16N2O2S. The van der Waals surface area contributed by atoms with E-state index in [9.17, 15) is 4.79 Å². The van der Waals surface area contributed by atoms with Gasteiger partial charge in [0.25, 0.3) is 5.91 Å². The van der Waals surface area contributed by atoms with E-state index in [0.29, 0.717) is 12.1 Å². The van der Waals surface area contributed by atoms with Crippen molar-refractivity contribution in [1.82, 2.24) is 9.88 Å². The molecule has 1 heterocycles. The van der Waals surface area contributed by atoms with Crippen LogP contribution in [-0.4, -0.2) is 41.1 Å². The Hall–Kier alpha value is -1.72. The standard InChI is InChI=1S/C14H16N2O2S/c1-10-15-13(9-19-10)11-4-3-5-12(8-11)14(18)16(2)6-7-17/h3-5,8-9,17H,6-7H2,1-2H3. The minimum Gasteiger partial charge on any atom is -0.395 e. The van der Waals surface area contributed by atoms with Crippen LogP contribution < -0.4 is 0 Å². The normalized spacial score (nSPS) is 10.5. The van der Waals surface area contributed by atoms with Crippen molar-refractivity contribution in [3.63, 3.8) is 0 Å². The number of thiazole rings is 1. The maximum atomic E-state index is 12.1. The number of hydrogen-bond donors (Lipinski definition) is 1. The van der Waals surface area contributed by atoms with Crippen LogP contribution in [0.25, 0.3) is 11.3 Å². The molecule has 19 heavy (non-hydrogen) atoms. The van der Waals surface area contributed by atoms with Crippen LogP contribution in [-0.2, 0) is 0 Å². The Balaban J connectivity index is 2.27. The summed E-state index contributed by atoms with van der Waals surface area (Å²) < 4.78 is 0. The maximum absolute atomic E-state index is 12.1. The van der Waals surface area contributed by atoms with Gasteiger partial charge in [0.1, 0.15) is 0 Å². The van der Waals surface area contributed by atoms with Crippen LogP contribution in [0.3, 0.4) is 0 Å². The Labute approximate surface area is 116 Å². The number of aliphatic hydroxyl groups is 1. The lowest BCUT2D eigenvalue weighted by Crippen LogP contribution is -2.29. The number of aliphatic hydroxyl groups excluding tert-OH is 1. The highest BCUT2D eigenvalue weighted by Crippen LogP contribution is 2.22. The average molecular weight is 276 g/mol. The van der Waals surface area contributed by atoms with E-state index in [1.807, 2.05) is 30.5 Å². The van der Waals surface area contributed by atoms with E-state index in [4.69, 9.17) is 5.11 Å². The molecule has 0 aliphatic rings. The van der Waals surface area contributed by atoms with Crippen molar-refractivity contribution in [2.75, 3.05) is 20.2 Å². The van der Waals surface area contributed by atoms with E-state index in [1.54, 1.807) is 24.5 Å². The highest BCUT2D eigenvalue weighted by atomic mass is 32.1. The number of hydrogen-bond acceptors (Lipinski definition) is 4. The second kappa shape index (κ2) is 5.95. The van der Waals surface area contributed by atoms with Gasteiger partial charge in [0, 0.05) is 30.1 Å². The second-order valence-electron chi connectivity index (χ2n) is 4.28. The van der Waals surface area contributed by atoms with Crippen molar-refractivity contribution in [2.45, 2.75) is 6.92 Å². The lowest BCUT2D eigenvalue weighted by molar-refractivity contribution is 0.0767. The van der Waals surface area contributed by atoms with Gasteiger partial charge in [-0.25, -0.2) is 4.98 Å². The molecule has 0 saturated carbocycles. The van der Waals surface area contributed by atoms with Crippen LogP contribution in [0, 0.1) is 6.92 Å².